The first kappa shape index (κ1) is 34.4. The quantitative estimate of drug-likeness (QED) is 0.304. The predicted octanol–water partition coefficient (Wildman–Crippen LogP) is 5.18. The average molecular weight is 605 g/mol. The number of carbonyl (C=O) groups is 3. The second-order valence-corrected chi connectivity index (χ2v) is 12.8. The van der Waals surface area contributed by atoms with Gasteiger partial charge in [0.05, 0.1) is 20.3 Å². The zero-order valence-corrected chi connectivity index (χ0v) is 27.2. The van der Waals surface area contributed by atoms with Crippen LogP contribution in [0.5, 0.6) is 17.2 Å². The lowest BCUT2D eigenvalue weighted by atomic mass is 10.0. The van der Waals surface area contributed by atoms with E-state index >= 15 is 0 Å². The Labute approximate surface area is 253 Å². The molecule has 0 radical (unpaired) electrons. The lowest BCUT2D eigenvalue weighted by molar-refractivity contribution is -0.131. The average Bonchev–Trinajstić information content (AvgIpc) is 2.91. The number of hydrogen-bond acceptors (Lipinski definition) is 8. The molecule has 2 aromatic rings. The number of carbonyl (C=O) groups excluding carboxylic acids is 3. The standard InChI is InChI=1S/C31H44N2O6S2/c1-19-14-24(37-7)16-27(38-8)25(19)18-41-30(36)21(3)32-29(35)26(33-28(34)20(2)17-40-9)15-22-10-12-23(13-11-22)39-31(4,5)6/h10-14,16,20-21,26H,15,17-18H2,1-9H3,(H,32,35)(H,33,34)/t20-,21-,26-/m0/s1. The van der Waals surface area contributed by atoms with Crippen LogP contribution >= 0.6 is 23.5 Å². The van der Waals surface area contributed by atoms with Crippen molar-refractivity contribution in [2.45, 2.75) is 71.4 Å². The highest BCUT2D eigenvalue weighted by Crippen LogP contribution is 2.32. The fourth-order valence-corrected chi connectivity index (χ4v) is 5.63. The molecule has 41 heavy (non-hydrogen) atoms. The van der Waals surface area contributed by atoms with Gasteiger partial charge in [0.25, 0.3) is 0 Å². The smallest absolute Gasteiger partial charge is 0.243 e. The lowest BCUT2D eigenvalue weighted by Crippen LogP contribution is -2.52. The molecule has 8 nitrogen and oxygen atoms in total. The van der Waals surface area contributed by atoms with Crippen molar-refractivity contribution in [1.82, 2.24) is 10.6 Å². The Morgan fingerprint density at radius 3 is 2.15 bits per heavy atom. The molecule has 2 amide bonds. The summed E-state index contributed by atoms with van der Waals surface area (Å²) in [5.74, 6) is 2.18. The molecule has 0 fully saturated rings. The number of rotatable bonds is 14. The highest BCUT2D eigenvalue weighted by atomic mass is 32.2. The fourth-order valence-electron chi connectivity index (χ4n) is 4.01. The Kier molecular flexibility index (Phi) is 13.4. The van der Waals surface area contributed by atoms with Crippen molar-refractivity contribution in [2.75, 3.05) is 26.2 Å². The van der Waals surface area contributed by atoms with E-state index in [-0.39, 0.29) is 29.0 Å². The number of aryl methyl sites for hydroxylation is 1. The maximum Gasteiger partial charge on any atom is 0.243 e. The summed E-state index contributed by atoms with van der Waals surface area (Å²) in [6, 6.07) is 9.54. The second kappa shape index (κ2) is 16.0. The van der Waals surface area contributed by atoms with Crippen molar-refractivity contribution in [2.24, 2.45) is 5.92 Å². The number of ether oxygens (including phenoxy) is 3. The number of thioether (sulfide) groups is 2. The SMILES string of the molecule is COc1cc(C)c(CSC(=O)[C@H](C)NC(=O)[C@H](Cc2ccc(OC(C)(C)C)cc2)NC(=O)[C@@H](C)CSC)c(OC)c1. The molecule has 0 unspecified atom stereocenters. The van der Waals surface area contributed by atoms with Crippen molar-refractivity contribution in [1.29, 1.82) is 0 Å². The van der Waals surface area contributed by atoms with Crippen LogP contribution in [-0.4, -0.2) is 60.8 Å². The van der Waals surface area contributed by atoms with Gasteiger partial charge in [-0.1, -0.05) is 30.8 Å². The molecular weight excluding hydrogens is 560 g/mol. The first-order valence-corrected chi connectivity index (χ1v) is 15.9. The van der Waals surface area contributed by atoms with E-state index in [1.54, 1.807) is 39.0 Å². The van der Waals surface area contributed by atoms with Crippen LogP contribution in [0.1, 0.15) is 51.3 Å². The molecule has 10 heteroatoms. The van der Waals surface area contributed by atoms with Crippen molar-refractivity contribution >= 4 is 40.5 Å². The highest BCUT2D eigenvalue weighted by Gasteiger charge is 2.27. The number of nitrogens with one attached hydrogen (secondary N) is 2. The van der Waals surface area contributed by atoms with Gasteiger partial charge < -0.3 is 24.8 Å². The summed E-state index contributed by atoms with van der Waals surface area (Å²) in [5.41, 5.74) is 2.36. The van der Waals surface area contributed by atoms with Gasteiger partial charge in [0, 0.05) is 35.5 Å². The van der Waals surface area contributed by atoms with E-state index in [9.17, 15) is 14.4 Å². The molecule has 0 aliphatic heterocycles. The van der Waals surface area contributed by atoms with Crippen molar-refractivity contribution in [3.8, 4) is 17.2 Å². The molecule has 0 bridgehead atoms. The Morgan fingerprint density at radius 1 is 0.927 bits per heavy atom. The Morgan fingerprint density at radius 2 is 1.59 bits per heavy atom. The Balaban J connectivity index is 2.12. The minimum absolute atomic E-state index is 0.194. The van der Waals surface area contributed by atoms with Gasteiger partial charge in [-0.2, -0.15) is 11.8 Å². The van der Waals surface area contributed by atoms with E-state index in [1.807, 2.05) is 71.2 Å². The molecule has 0 aromatic heterocycles. The molecule has 0 aliphatic rings. The van der Waals surface area contributed by atoms with E-state index in [4.69, 9.17) is 14.2 Å². The highest BCUT2D eigenvalue weighted by molar-refractivity contribution is 8.13. The molecule has 0 spiro atoms. The maximum absolute atomic E-state index is 13.4. The van der Waals surface area contributed by atoms with Crippen LogP contribution in [0.25, 0.3) is 0 Å². The Bertz CT molecular complexity index is 1180. The van der Waals surface area contributed by atoms with Gasteiger partial charge in [0.2, 0.25) is 16.9 Å². The van der Waals surface area contributed by atoms with Crippen LogP contribution in [0.15, 0.2) is 36.4 Å². The van der Waals surface area contributed by atoms with Crippen molar-refractivity contribution < 1.29 is 28.6 Å². The van der Waals surface area contributed by atoms with Crippen LogP contribution < -0.4 is 24.8 Å². The molecule has 0 aliphatic carbocycles. The van der Waals surface area contributed by atoms with Gasteiger partial charge in [-0.25, -0.2) is 0 Å². The summed E-state index contributed by atoms with van der Waals surface area (Å²) >= 11 is 2.67. The predicted molar refractivity (Wildman–Crippen MR) is 168 cm³/mol. The largest absolute Gasteiger partial charge is 0.497 e. The summed E-state index contributed by atoms with van der Waals surface area (Å²) in [7, 11) is 3.17. The van der Waals surface area contributed by atoms with Crippen LogP contribution in [-0.2, 0) is 26.6 Å². The summed E-state index contributed by atoms with van der Waals surface area (Å²) in [5, 5.41) is 5.51. The maximum atomic E-state index is 13.4. The first-order valence-electron chi connectivity index (χ1n) is 13.5. The summed E-state index contributed by atoms with van der Waals surface area (Å²) in [4.78, 5) is 39.2. The van der Waals surface area contributed by atoms with E-state index in [1.165, 1.54) is 0 Å². The minimum Gasteiger partial charge on any atom is -0.497 e. The van der Waals surface area contributed by atoms with Gasteiger partial charge in [0.15, 0.2) is 0 Å². The number of methoxy groups -OCH3 is 2. The fraction of sp³-hybridized carbons (Fsp3) is 0.516. The first-order chi connectivity index (χ1) is 19.3. The van der Waals surface area contributed by atoms with Crippen LogP contribution in [0.3, 0.4) is 0 Å². The van der Waals surface area contributed by atoms with Gasteiger partial charge in [0.1, 0.15) is 28.9 Å². The second-order valence-electron chi connectivity index (χ2n) is 10.9. The molecule has 226 valence electrons. The molecule has 2 aromatic carbocycles. The number of amides is 2. The van der Waals surface area contributed by atoms with Gasteiger partial charge >= 0.3 is 0 Å². The van der Waals surface area contributed by atoms with E-state index < -0.39 is 18.0 Å². The van der Waals surface area contributed by atoms with E-state index in [2.05, 4.69) is 10.6 Å². The molecule has 2 rings (SSSR count). The number of benzene rings is 2. The molecule has 3 atom stereocenters. The zero-order valence-electron chi connectivity index (χ0n) is 25.6. The van der Waals surface area contributed by atoms with E-state index in [0.29, 0.717) is 23.0 Å². The topological polar surface area (TPSA) is 103 Å². The van der Waals surface area contributed by atoms with Crippen molar-refractivity contribution in [3.63, 3.8) is 0 Å². The molecule has 0 heterocycles. The molecular formula is C31H44N2O6S2. The van der Waals surface area contributed by atoms with Crippen molar-refractivity contribution in [3.05, 3.63) is 53.1 Å². The third kappa shape index (κ3) is 11.2. The Hall–Kier alpha value is -2.85. The third-order valence-corrected chi connectivity index (χ3v) is 8.12. The normalized spacial score (nSPS) is 13.5. The number of hydrogen-bond donors (Lipinski definition) is 2. The van der Waals surface area contributed by atoms with Crippen LogP contribution in [0.4, 0.5) is 0 Å². The van der Waals surface area contributed by atoms with Gasteiger partial charge in [-0.3, -0.25) is 14.4 Å². The van der Waals surface area contributed by atoms with Gasteiger partial charge in [-0.15, -0.1) is 0 Å². The van der Waals surface area contributed by atoms with E-state index in [0.717, 1.165) is 34.2 Å². The third-order valence-electron chi connectivity index (χ3n) is 6.22. The van der Waals surface area contributed by atoms with Crippen LogP contribution in [0, 0.1) is 12.8 Å². The molecule has 2 N–H and O–H groups in total. The summed E-state index contributed by atoms with van der Waals surface area (Å²) < 4.78 is 16.7. The summed E-state index contributed by atoms with van der Waals surface area (Å²) in [6.07, 6.45) is 2.21. The summed E-state index contributed by atoms with van der Waals surface area (Å²) in [6.45, 7) is 11.3. The van der Waals surface area contributed by atoms with Gasteiger partial charge in [-0.05, 0) is 70.2 Å². The molecule has 0 saturated heterocycles. The molecule has 0 saturated carbocycles. The monoisotopic (exact) mass is 604 g/mol. The lowest BCUT2D eigenvalue weighted by Gasteiger charge is -2.23. The minimum atomic E-state index is -0.842. The zero-order chi connectivity index (χ0) is 30.7. The van der Waals surface area contributed by atoms with Crippen LogP contribution in [0.2, 0.25) is 0 Å².